The van der Waals surface area contributed by atoms with Crippen molar-refractivity contribution in [2.75, 3.05) is 32.1 Å². The molecule has 96 valence electrons. The minimum Gasteiger partial charge on any atom is -0.394 e. The lowest BCUT2D eigenvalue weighted by molar-refractivity contribution is -0.118. The van der Waals surface area contributed by atoms with Crippen molar-refractivity contribution in [1.82, 2.24) is 5.32 Å². The molecule has 0 aromatic carbocycles. The zero-order valence-electron chi connectivity index (χ0n) is 9.55. The fourth-order valence-electron chi connectivity index (χ4n) is 1.10. The fourth-order valence-corrected chi connectivity index (χ4v) is 2.72. The van der Waals surface area contributed by atoms with Gasteiger partial charge in [0.1, 0.15) is 0 Å². The van der Waals surface area contributed by atoms with E-state index < -0.39 is 0 Å². The molecule has 0 aliphatic carbocycles. The second-order valence-corrected chi connectivity index (χ2v) is 5.48. The summed E-state index contributed by atoms with van der Waals surface area (Å²) < 4.78 is 6.24. The normalized spacial score (nSPS) is 10.4. The van der Waals surface area contributed by atoms with Gasteiger partial charge in [-0.15, -0.1) is 23.1 Å². The van der Waals surface area contributed by atoms with Crippen LogP contribution in [0.25, 0.3) is 0 Å². The number of thioether (sulfide) groups is 1. The Morgan fingerprint density at radius 1 is 1.53 bits per heavy atom. The first-order valence-electron chi connectivity index (χ1n) is 5.44. The predicted octanol–water partition coefficient (Wildman–Crippen LogP) is 1.36. The van der Waals surface area contributed by atoms with Crippen molar-refractivity contribution < 1.29 is 14.6 Å². The Kier molecular flexibility index (Phi) is 8.08. The summed E-state index contributed by atoms with van der Waals surface area (Å²) in [5.41, 5.74) is 0. The van der Waals surface area contributed by atoms with Crippen LogP contribution >= 0.6 is 23.1 Å². The van der Waals surface area contributed by atoms with Crippen LogP contribution in [0.4, 0.5) is 0 Å². The second-order valence-electron chi connectivity index (χ2n) is 3.26. The van der Waals surface area contributed by atoms with Crippen molar-refractivity contribution in [2.45, 2.75) is 10.6 Å². The van der Waals surface area contributed by atoms with Crippen LogP contribution in [0.5, 0.6) is 0 Å². The molecule has 1 amide bonds. The number of nitrogens with one attached hydrogen (secondary N) is 1. The van der Waals surface area contributed by atoms with E-state index in [1.54, 1.807) is 23.1 Å². The predicted molar refractivity (Wildman–Crippen MR) is 70.6 cm³/mol. The highest BCUT2D eigenvalue weighted by molar-refractivity contribution is 8.01. The average molecular weight is 275 g/mol. The highest BCUT2D eigenvalue weighted by Gasteiger charge is 2.02. The molecule has 0 unspecified atom stereocenters. The maximum Gasteiger partial charge on any atom is 0.230 e. The van der Waals surface area contributed by atoms with E-state index in [-0.39, 0.29) is 12.5 Å². The molecular formula is C11H17NO3S2. The summed E-state index contributed by atoms with van der Waals surface area (Å²) in [4.78, 5) is 11.4. The summed E-state index contributed by atoms with van der Waals surface area (Å²) in [7, 11) is 0. The highest BCUT2D eigenvalue weighted by Crippen LogP contribution is 2.22. The Morgan fingerprint density at radius 3 is 3.12 bits per heavy atom. The number of aliphatic hydroxyl groups excluding tert-OH is 1. The Bertz CT molecular complexity index is 304. The van der Waals surface area contributed by atoms with Gasteiger partial charge in [0.15, 0.2) is 0 Å². The topological polar surface area (TPSA) is 58.6 Å². The SMILES string of the molecule is O=C(CSc1cccs1)NCCCOCCO. The molecule has 6 heteroatoms. The van der Waals surface area contributed by atoms with E-state index in [1.165, 1.54) is 0 Å². The summed E-state index contributed by atoms with van der Waals surface area (Å²) in [5.74, 6) is 0.503. The van der Waals surface area contributed by atoms with E-state index >= 15 is 0 Å². The number of amides is 1. The Hall–Kier alpha value is -0.560. The lowest BCUT2D eigenvalue weighted by atomic mass is 10.4. The molecule has 1 aromatic rings. The van der Waals surface area contributed by atoms with Gasteiger partial charge in [-0.2, -0.15) is 0 Å². The Labute approximate surface area is 109 Å². The largest absolute Gasteiger partial charge is 0.394 e. The lowest BCUT2D eigenvalue weighted by Gasteiger charge is -2.04. The van der Waals surface area contributed by atoms with Gasteiger partial charge in [0.25, 0.3) is 0 Å². The second kappa shape index (κ2) is 9.47. The highest BCUT2D eigenvalue weighted by atomic mass is 32.2. The molecular weight excluding hydrogens is 258 g/mol. The van der Waals surface area contributed by atoms with E-state index in [0.717, 1.165) is 10.6 Å². The van der Waals surface area contributed by atoms with Gasteiger partial charge in [-0.3, -0.25) is 4.79 Å². The van der Waals surface area contributed by atoms with E-state index in [0.29, 0.717) is 25.5 Å². The summed E-state index contributed by atoms with van der Waals surface area (Å²) in [5, 5.41) is 13.3. The van der Waals surface area contributed by atoms with Gasteiger partial charge in [0.05, 0.1) is 23.2 Å². The third-order valence-corrected chi connectivity index (χ3v) is 3.99. The molecule has 1 heterocycles. The molecule has 4 nitrogen and oxygen atoms in total. The molecule has 2 N–H and O–H groups in total. The standard InChI is InChI=1S/C11H17NO3S2/c13-5-7-15-6-2-4-12-10(14)9-17-11-3-1-8-16-11/h1,3,8,13H,2,4-7,9H2,(H,12,14). The van der Waals surface area contributed by atoms with Crippen molar-refractivity contribution >= 4 is 29.0 Å². The number of hydrogen-bond acceptors (Lipinski definition) is 5. The van der Waals surface area contributed by atoms with Crippen LogP contribution in [-0.2, 0) is 9.53 Å². The van der Waals surface area contributed by atoms with E-state index in [9.17, 15) is 4.79 Å². The van der Waals surface area contributed by atoms with Gasteiger partial charge in [0, 0.05) is 13.2 Å². The first-order chi connectivity index (χ1) is 8.33. The van der Waals surface area contributed by atoms with E-state index in [2.05, 4.69) is 5.32 Å². The Balaban J connectivity index is 1.94. The zero-order chi connectivity index (χ0) is 12.3. The quantitative estimate of drug-likeness (QED) is 0.528. The number of carbonyl (C=O) groups excluding carboxylic acids is 1. The van der Waals surface area contributed by atoms with Crippen molar-refractivity contribution in [3.63, 3.8) is 0 Å². The van der Waals surface area contributed by atoms with Crippen molar-refractivity contribution in [1.29, 1.82) is 0 Å². The van der Waals surface area contributed by atoms with Crippen molar-refractivity contribution in [2.24, 2.45) is 0 Å². The fraction of sp³-hybridized carbons (Fsp3) is 0.545. The zero-order valence-corrected chi connectivity index (χ0v) is 11.2. The van der Waals surface area contributed by atoms with Gasteiger partial charge < -0.3 is 15.2 Å². The van der Waals surface area contributed by atoms with Gasteiger partial charge in [-0.1, -0.05) is 6.07 Å². The third kappa shape index (κ3) is 7.38. The molecule has 0 fully saturated rings. The maximum atomic E-state index is 11.4. The molecule has 0 saturated heterocycles. The first kappa shape index (κ1) is 14.5. The van der Waals surface area contributed by atoms with Crippen LogP contribution < -0.4 is 5.32 Å². The van der Waals surface area contributed by atoms with Gasteiger partial charge in [0.2, 0.25) is 5.91 Å². The summed E-state index contributed by atoms with van der Waals surface area (Å²) in [6.45, 7) is 1.60. The minimum absolute atomic E-state index is 0.0454. The molecule has 0 aliphatic rings. The monoisotopic (exact) mass is 275 g/mol. The summed E-state index contributed by atoms with van der Waals surface area (Å²) in [6.07, 6.45) is 0.773. The van der Waals surface area contributed by atoms with Crippen molar-refractivity contribution in [3.8, 4) is 0 Å². The number of hydrogen-bond donors (Lipinski definition) is 2. The molecule has 0 atom stereocenters. The van der Waals surface area contributed by atoms with Crippen LogP contribution in [0.2, 0.25) is 0 Å². The molecule has 0 radical (unpaired) electrons. The molecule has 0 saturated carbocycles. The molecule has 0 aliphatic heterocycles. The molecule has 1 rings (SSSR count). The third-order valence-electron chi connectivity index (χ3n) is 1.86. The molecule has 0 bridgehead atoms. The number of carbonyl (C=O) groups is 1. The van der Waals surface area contributed by atoms with Gasteiger partial charge in [-0.05, 0) is 17.9 Å². The molecule has 1 aromatic heterocycles. The Morgan fingerprint density at radius 2 is 2.41 bits per heavy atom. The van der Waals surface area contributed by atoms with Gasteiger partial charge >= 0.3 is 0 Å². The number of thiophene rings is 1. The van der Waals surface area contributed by atoms with Crippen LogP contribution in [0.1, 0.15) is 6.42 Å². The summed E-state index contributed by atoms with van der Waals surface area (Å²) in [6, 6.07) is 3.98. The number of rotatable bonds is 9. The lowest BCUT2D eigenvalue weighted by Crippen LogP contribution is -2.26. The number of aliphatic hydroxyl groups is 1. The maximum absolute atomic E-state index is 11.4. The van der Waals surface area contributed by atoms with Crippen LogP contribution in [0.15, 0.2) is 21.7 Å². The van der Waals surface area contributed by atoms with Crippen molar-refractivity contribution in [3.05, 3.63) is 17.5 Å². The number of ether oxygens (including phenoxy) is 1. The average Bonchev–Trinajstić information content (AvgIpc) is 2.84. The van der Waals surface area contributed by atoms with E-state index in [4.69, 9.17) is 9.84 Å². The van der Waals surface area contributed by atoms with Crippen LogP contribution in [0, 0.1) is 0 Å². The molecule has 0 spiro atoms. The van der Waals surface area contributed by atoms with Crippen LogP contribution in [0.3, 0.4) is 0 Å². The molecule has 17 heavy (non-hydrogen) atoms. The van der Waals surface area contributed by atoms with Crippen LogP contribution in [-0.4, -0.2) is 43.1 Å². The first-order valence-corrected chi connectivity index (χ1v) is 7.31. The summed E-state index contributed by atoms with van der Waals surface area (Å²) >= 11 is 3.19. The minimum atomic E-state index is 0.0454. The van der Waals surface area contributed by atoms with E-state index in [1.807, 2.05) is 17.5 Å². The smallest absolute Gasteiger partial charge is 0.230 e. The van der Waals surface area contributed by atoms with Gasteiger partial charge in [-0.25, -0.2) is 0 Å².